The second-order valence-electron chi connectivity index (χ2n) is 24.2. The van der Waals surface area contributed by atoms with E-state index >= 15 is 24.0 Å². The molecule has 0 saturated carbocycles. The van der Waals surface area contributed by atoms with Crippen molar-refractivity contribution in [2.24, 2.45) is 5.73 Å². The van der Waals surface area contributed by atoms with E-state index in [1.165, 1.54) is 79.8 Å². The molecular formula is C71H65Cl2N9O17. The Bertz CT molecular complexity index is 4610. The SMILES string of the molecule is CCCCc1ccc(CNCc2c(O)cc3c(c2O)-c2cc(ccc2O)[C@H]2NC(=O)[C@@H]4NC(=O)[C@H]5NC(=O)[C@@H](Cc6ccc(c(Cl)c6)Oc6cc4cc(c6O)Oc4ccc(cc4Cl)[C@@H](O)[C@H](NC2=O)C(=O)N[C@@H]3C(=O)NC)NC(=O)[C@H](N)c2ccc(O)c(c2)Oc2cc(O)cc5c2)cc1. The first kappa shape index (κ1) is 67.7. The van der Waals surface area contributed by atoms with Crippen LogP contribution < -0.4 is 62.5 Å². The molecule has 8 aromatic carbocycles. The van der Waals surface area contributed by atoms with E-state index < -0.39 is 136 Å². The van der Waals surface area contributed by atoms with Crippen LogP contribution in [0.4, 0.5) is 0 Å². The number of amides is 7. The van der Waals surface area contributed by atoms with Crippen LogP contribution in [0.25, 0.3) is 11.1 Å². The van der Waals surface area contributed by atoms with Gasteiger partial charge in [0.15, 0.2) is 23.0 Å². The second kappa shape index (κ2) is 28.0. The van der Waals surface area contributed by atoms with Gasteiger partial charge in [-0.3, -0.25) is 33.6 Å². The topological polar surface area (TPSA) is 411 Å². The number of fused-ring (bicyclic) bond motifs is 14. The van der Waals surface area contributed by atoms with Crippen LogP contribution in [0.3, 0.4) is 0 Å². The lowest BCUT2D eigenvalue weighted by Gasteiger charge is -2.31. The molecule has 14 rings (SSSR count). The Kier molecular flexibility index (Phi) is 19.2. The fraction of sp³-hybridized carbons (Fsp3) is 0.225. The number of rotatable bonds is 8. The number of halogens is 2. The molecule has 7 amide bonds. The molecule has 0 aliphatic carbocycles. The molecule has 0 aromatic heterocycles. The number of phenolic OH excluding ortho intramolecular Hbond substituents is 6. The molecular weight excluding hydrogens is 1320 g/mol. The molecule has 0 spiro atoms. The molecule has 6 heterocycles. The van der Waals surface area contributed by atoms with Crippen molar-refractivity contribution < 1.29 is 83.5 Å². The molecule has 6 aliphatic rings. The molecule has 0 fully saturated rings. The number of aliphatic hydroxyl groups excluding tert-OH is 1. The molecule has 17 bridgehead atoms. The van der Waals surface area contributed by atoms with Gasteiger partial charge in [0.2, 0.25) is 47.1 Å². The van der Waals surface area contributed by atoms with Crippen LogP contribution in [-0.2, 0) is 59.5 Å². The minimum Gasteiger partial charge on any atom is -0.508 e. The lowest BCUT2D eigenvalue weighted by molar-refractivity contribution is -0.137. The number of nitrogens with one attached hydrogen (secondary N) is 8. The summed E-state index contributed by atoms with van der Waals surface area (Å²) >= 11 is 13.9. The molecule has 26 nitrogen and oxygen atoms in total. The fourth-order valence-electron chi connectivity index (χ4n) is 12.2. The predicted molar refractivity (Wildman–Crippen MR) is 357 cm³/mol. The molecule has 510 valence electrons. The van der Waals surface area contributed by atoms with Gasteiger partial charge in [-0.1, -0.05) is 85.1 Å². The number of ether oxygens (including phenoxy) is 3. The van der Waals surface area contributed by atoms with Gasteiger partial charge < -0.3 is 98.2 Å². The highest BCUT2D eigenvalue weighted by Crippen LogP contribution is 2.49. The van der Waals surface area contributed by atoms with Gasteiger partial charge in [0.1, 0.15) is 88.6 Å². The Morgan fingerprint density at radius 3 is 1.83 bits per heavy atom. The van der Waals surface area contributed by atoms with E-state index in [4.69, 9.17) is 43.1 Å². The van der Waals surface area contributed by atoms with Gasteiger partial charge in [0.25, 0.3) is 0 Å². The third-order valence-corrected chi connectivity index (χ3v) is 18.1. The van der Waals surface area contributed by atoms with Crippen molar-refractivity contribution in [2.75, 3.05) is 7.05 Å². The van der Waals surface area contributed by atoms with E-state index in [2.05, 4.69) is 49.5 Å². The first-order valence-electron chi connectivity index (χ1n) is 31.3. The third kappa shape index (κ3) is 14.0. The van der Waals surface area contributed by atoms with Gasteiger partial charge in [-0.05, 0) is 142 Å². The summed E-state index contributed by atoms with van der Waals surface area (Å²) in [7, 11) is 1.24. The predicted octanol–water partition coefficient (Wildman–Crippen LogP) is 7.28. The minimum absolute atomic E-state index is 0.120. The molecule has 99 heavy (non-hydrogen) atoms. The number of carbonyl (C=O) groups is 7. The quantitative estimate of drug-likeness (QED) is 0.0710. The minimum atomic E-state index is -2.17. The third-order valence-electron chi connectivity index (χ3n) is 17.5. The van der Waals surface area contributed by atoms with Gasteiger partial charge in [0.05, 0.1) is 15.6 Å². The van der Waals surface area contributed by atoms with Crippen LogP contribution in [0, 0.1) is 0 Å². The van der Waals surface area contributed by atoms with E-state index in [0.717, 1.165) is 66.8 Å². The number of carbonyl (C=O) groups excluding carboxylic acids is 7. The summed E-state index contributed by atoms with van der Waals surface area (Å²) in [6, 6.07) is 16.4. The Morgan fingerprint density at radius 2 is 1.15 bits per heavy atom. The number of hydrogen-bond acceptors (Lipinski definition) is 19. The summed E-state index contributed by atoms with van der Waals surface area (Å²) in [6.45, 7) is 2.11. The van der Waals surface area contributed by atoms with Gasteiger partial charge in [-0.2, -0.15) is 0 Å². The van der Waals surface area contributed by atoms with Crippen molar-refractivity contribution in [3.8, 4) is 80.1 Å². The van der Waals surface area contributed by atoms with Crippen LogP contribution in [-0.4, -0.2) is 96.2 Å². The summed E-state index contributed by atoms with van der Waals surface area (Å²) < 4.78 is 18.6. The monoisotopic (exact) mass is 1390 g/mol. The molecule has 28 heteroatoms. The lowest BCUT2D eigenvalue weighted by Crippen LogP contribution is -2.55. The Labute approximate surface area is 574 Å². The van der Waals surface area contributed by atoms with Gasteiger partial charge >= 0.3 is 0 Å². The van der Waals surface area contributed by atoms with Gasteiger partial charge in [-0.15, -0.1) is 0 Å². The molecule has 0 saturated heterocycles. The van der Waals surface area contributed by atoms with E-state index in [0.29, 0.717) is 5.56 Å². The molecule has 8 atom stereocenters. The summed E-state index contributed by atoms with van der Waals surface area (Å²) in [4.78, 5) is 106. The van der Waals surface area contributed by atoms with Gasteiger partial charge in [-0.25, -0.2) is 0 Å². The molecule has 0 unspecified atom stereocenters. The van der Waals surface area contributed by atoms with Crippen LogP contribution >= 0.6 is 23.2 Å². The van der Waals surface area contributed by atoms with Crippen LogP contribution in [0.15, 0.2) is 133 Å². The highest BCUT2D eigenvalue weighted by Gasteiger charge is 2.42. The number of hydrogen-bond donors (Lipinski definition) is 16. The molecule has 6 aliphatic heterocycles. The number of aromatic hydroxyl groups is 6. The number of aliphatic hydroxyl groups is 1. The number of likely N-dealkylation sites (N-methyl/N-ethyl adjacent to an activating group) is 1. The maximum Gasteiger partial charge on any atom is 0.248 e. The summed E-state index contributed by atoms with van der Waals surface area (Å²) in [5, 5.41) is 104. The first-order chi connectivity index (χ1) is 47.4. The van der Waals surface area contributed by atoms with Crippen molar-refractivity contribution in [3.05, 3.63) is 199 Å². The van der Waals surface area contributed by atoms with Gasteiger partial charge in [0, 0.05) is 43.8 Å². The number of unbranched alkanes of at least 4 members (excludes halogenated alkanes) is 1. The van der Waals surface area contributed by atoms with Crippen molar-refractivity contribution in [1.82, 2.24) is 42.5 Å². The molecule has 8 aromatic rings. The Balaban J connectivity index is 1.04. The van der Waals surface area contributed by atoms with E-state index in [1.54, 1.807) is 0 Å². The smallest absolute Gasteiger partial charge is 0.248 e. The highest BCUT2D eigenvalue weighted by molar-refractivity contribution is 6.32. The fourth-order valence-corrected chi connectivity index (χ4v) is 12.6. The number of aryl methyl sites for hydroxylation is 1. The Hall–Kier alpha value is -11.3. The average molecular weight is 1390 g/mol. The zero-order valence-corrected chi connectivity index (χ0v) is 54.1. The summed E-state index contributed by atoms with van der Waals surface area (Å²) in [5.74, 6) is -13.5. The van der Waals surface area contributed by atoms with E-state index in [1.807, 2.05) is 24.3 Å². The molecule has 0 radical (unpaired) electrons. The maximum atomic E-state index is 16.0. The van der Waals surface area contributed by atoms with Crippen molar-refractivity contribution in [3.63, 3.8) is 0 Å². The number of benzene rings is 8. The van der Waals surface area contributed by atoms with Crippen molar-refractivity contribution in [2.45, 2.75) is 94.1 Å². The van der Waals surface area contributed by atoms with Crippen LogP contribution in [0.2, 0.25) is 10.0 Å². The number of phenols is 6. The summed E-state index contributed by atoms with van der Waals surface area (Å²) in [6.07, 6.45) is 0.481. The number of nitrogens with two attached hydrogens (primary N) is 1. The normalized spacial score (nSPS) is 20.5. The largest absolute Gasteiger partial charge is 0.508 e. The van der Waals surface area contributed by atoms with E-state index in [9.17, 15) is 45.3 Å². The maximum absolute atomic E-state index is 16.0. The van der Waals surface area contributed by atoms with E-state index in [-0.39, 0.29) is 103 Å². The highest BCUT2D eigenvalue weighted by atomic mass is 35.5. The molecule has 17 N–H and O–H groups in total. The standard InChI is InChI=1S/C71H65Cl2N9O17/c1-3-4-5-31-6-8-32(9-7-31)29-76-30-43-49(86)28-42-55(63(43)88)41-22-35(12-14-47(41)84)57-68(93)82-61(71(96)81-60(42)67(92)75-2)62(87)36-13-17-51(45(73)23-36)99-54-26-38-25-53(64(54)89)98-50-16-10-33(18-44(50)72)19-46-65(90)78-58(69(94)80-59(38)70(95)79-57)37-20-39(83)27-40(21-37)97-52-24-34(11-15-48(52)85)56(74)66(91)77-46/h6-18,20-28,46,56-62,76,83-89H,3-5,19,29-30,74H2,1-2H3,(H,75,92)(H,77,91)(H,78,90)(H,79,95)(H,80,94)(H,81,96)(H,82,93)/t46-,56-,57-,58+,59-,60+,61+,62-/m1/s1. The van der Waals surface area contributed by atoms with Crippen LogP contribution in [0.1, 0.15) is 112 Å². The Morgan fingerprint density at radius 1 is 0.545 bits per heavy atom. The zero-order chi connectivity index (χ0) is 70.2. The first-order valence-corrected chi connectivity index (χ1v) is 32.0. The van der Waals surface area contributed by atoms with Crippen LogP contribution in [0.5, 0.6) is 69.0 Å². The lowest BCUT2D eigenvalue weighted by atomic mass is 9.87. The second-order valence-corrected chi connectivity index (χ2v) is 25.0. The van der Waals surface area contributed by atoms with Crippen molar-refractivity contribution in [1.29, 1.82) is 0 Å². The summed E-state index contributed by atoms with van der Waals surface area (Å²) in [5.41, 5.74) is 6.86. The average Bonchev–Trinajstić information content (AvgIpc) is 0.758. The van der Waals surface area contributed by atoms with Crippen molar-refractivity contribution >= 4 is 64.6 Å². The zero-order valence-electron chi connectivity index (χ0n) is 52.6.